The van der Waals surface area contributed by atoms with E-state index in [4.69, 9.17) is 21.7 Å². The molecule has 3 rings (SSSR count). The van der Waals surface area contributed by atoms with E-state index in [1.165, 1.54) is 5.56 Å². The number of carbonyl (C=O) groups excluding carboxylic acids is 1. The summed E-state index contributed by atoms with van der Waals surface area (Å²) in [5.41, 5.74) is 4.00. The summed E-state index contributed by atoms with van der Waals surface area (Å²) in [6, 6.07) is 13.1. The predicted molar refractivity (Wildman–Crippen MR) is 123 cm³/mol. The predicted octanol–water partition coefficient (Wildman–Crippen LogP) is 4.26. The highest BCUT2D eigenvalue weighted by atomic mass is 32.1. The number of hydrogen-bond acceptors (Lipinski definition) is 4. The Balaban J connectivity index is 1.95. The molecule has 0 radical (unpaired) electrons. The van der Waals surface area contributed by atoms with E-state index in [0.717, 1.165) is 5.56 Å². The van der Waals surface area contributed by atoms with Crippen LogP contribution in [0.5, 0.6) is 11.5 Å². The summed E-state index contributed by atoms with van der Waals surface area (Å²) in [6.45, 7) is 6.15. The van der Waals surface area contributed by atoms with Gasteiger partial charge in [0.25, 0.3) is 5.91 Å². The van der Waals surface area contributed by atoms with Crippen molar-refractivity contribution >= 4 is 28.9 Å². The van der Waals surface area contributed by atoms with Gasteiger partial charge in [0.1, 0.15) is 11.5 Å². The van der Waals surface area contributed by atoms with Crippen LogP contribution >= 0.6 is 12.2 Å². The standard InChI is InChI=1S/C23H27N3O3S/c1-13(2)15-6-8-16(9-7-15)21-20(14(3)24-23(30)26-21)22(27)25-18-12-17(28-4)10-11-19(18)29-5/h6-13,21H,1-5H3,(H,25,27)(H2,24,26,30)/t21-/m1/s1. The Morgan fingerprint density at radius 1 is 1.10 bits per heavy atom. The van der Waals surface area contributed by atoms with E-state index in [2.05, 4.69) is 41.9 Å². The van der Waals surface area contributed by atoms with E-state index < -0.39 is 0 Å². The lowest BCUT2D eigenvalue weighted by Gasteiger charge is -2.30. The first-order valence-electron chi connectivity index (χ1n) is 9.75. The second kappa shape index (κ2) is 9.17. The molecule has 3 N–H and O–H groups in total. The number of thiocarbonyl (C=S) groups is 1. The van der Waals surface area contributed by atoms with Crippen molar-refractivity contribution in [2.45, 2.75) is 32.7 Å². The largest absolute Gasteiger partial charge is 0.497 e. The van der Waals surface area contributed by atoms with Crippen LogP contribution in [0.4, 0.5) is 5.69 Å². The van der Waals surface area contributed by atoms with Gasteiger partial charge >= 0.3 is 0 Å². The van der Waals surface area contributed by atoms with E-state index in [1.54, 1.807) is 32.4 Å². The van der Waals surface area contributed by atoms with Gasteiger partial charge in [0, 0.05) is 11.8 Å². The van der Waals surface area contributed by atoms with Crippen molar-refractivity contribution in [1.29, 1.82) is 0 Å². The van der Waals surface area contributed by atoms with E-state index in [0.29, 0.717) is 39.5 Å². The van der Waals surface area contributed by atoms with Crippen LogP contribution in [0.3, 0.4) is 0 Å². The van der Waals surface area contributed by atoms with Crippen molar-refractivity contribution < 1.29 is 14.3 Å². The average molecular weight is 426 g/mol. The maximum absolute atomic E-state index is 13.3. The minimum atomic E-state index is -0.364. The molecule has 0 saturated carbocycles. The summed E-state index contributed by atoms with van der Waals surface area (Å²) in [4.78, 5) is 13.3. The lowest BCUT2D eigenvalue weighted by Crippen LogP contribution is -2.45. The molecular weight excluding hydrogens is 398 g/mol. The molecule has 0 fully saturated rings. The number of amides is 1. The second-order valence-electron chi connectivity index (χ2n) is 7.41. The van der Waals surface area contributed by atoms with Crippen molar-refractivity contribution in [2.24, 2.45) is 0 Å². The molecular formula is C23H27N3O3S. The minimum absolute atomic E-state index is 0.250. The third-order valence-corrected chi connectivity index (χ3v) is 5.32. The fraction of sp³-hybridized carbons (Fsp3) is 0.304. The zero-order valence-corrected chi connectivity index (χ0v) is 18.6. The van der Waals surface area contributed by atoms with Crippen molar-refractivity contribution in [3.63, 3.8) is 0 Å². The topological polar surface area (TPSA) is 71.6 Å². The summed E-state index contributed by atoms with van der Waals surface area (Å²) in [7, 11) is 3.13. The van der Waals surface area contributed by atoms with E-state index >= 15 is 0 Å². The van der Waals surface area contributed by atoms with Crippen LogP contribution in [-0.4, -0.2) is 25.2 Å². The Morgan fingerprint density at radius 3 is 2.40 bits per heavy atom. The maximum Gasteiger partial charge on any atom is 0.255 e. The zero-order chi connectivity index (χ0) is 21.8. The van der Waals surface area contributed by atoms with Crippen LogP contribution < -0.4 is 25.4 Å². The van der Waals surface area contributed by atoms with Gasteiger partial charge in [-0.3, -0.25) is 4.79 Å². The number of anilines is 1. The van der Waals surface area contributed by atoms with Gasteiger partial charge in [0.15, 0.2) is 5.11 Å². The number of hydrogen-bond donors (Lipinski definition) is 3. The van der Waals surface area contributed by atoms with Crippen molar-refractivity contribution in [3.8, 4) is 11.5 Å². The molecule has 7 heteroatoms. The Kier molecular flexibility index (Phi) is 6.62. The summed E-state index contributed by atoms with van der Waals surface area (Å²) in [5, 5.41) is 9.73. The minimum Gasteiger partial charge on any atom is -0.497 e. The summed E-state index contributed by atoms with van der Waals surface area (Å²) < 4.78 is 10.7. The first-order valence-corrected chi connectivity index (χ1v) is 10.2. The van der Waals surface area contributed by atoms with Crippen molar-refractivity contribution in [3.05, 3.63) is 64.9 Å². The number of allylic oxidation sites excluding steroid dienone is 1. The first kappa shape index (κ1) is 21.6. The SMILES string of the molecule is COc1ccc(OC)c(NC(=O)C2=C(C)NC(=S)N[C@@H]2c2ccc(C(C)C)cc2)c1. The molecule has 1 aliphatic heterocycles. The lowest BCUT2D eigenvalue weighted by atomic mass is 9.92. The number of carbonyl (C=O) groups is 1. The molecule has 0 spiro atoms. The van der Waals surface area contributed by atoms with Crippen LogP contribution in [-0.2, 0) is 4.79 Å². The normalized spacial score (nSPS) is 16.1. The molecule has 6 nitrogen and oxygen atoms in total. The molecule has 1 heterocycles. The molecule has 0 saturated heterocycles. The van der Waals surface area contributed by atoms with Crippen molar-refractivity contribution in [1.82, 2.24) is 10.6 Å². The van der Waals surface area contributed by atoms with Gasteiger partial charge in [0.05, 0.1) is 31.5 Å². The quantitative estimate of drug-likeness (QED) is 0.601. The van der Waals surface area contributed by atoms with Crippen LogP contribution in [0.25, 0.3) is 0 Å². The smallest absolute Gasteiger partial charge is 0.255 e. The molecule has 1 atom stereocenters. The van der Waals surface area contributed by atoms with Gasteiger partial charge in [-0.05, 0) is 48.3 Å². The lowest BCUT2D eigenvalue weighted by molar-refractivity contribution is -0.113. The summed E-state index contributed by atoms with van der Waals surface area (Å²) >= 11 is 5.34. The van der Waals surface area contributed by atoms with Crippen LogP contribution in [0, 0.1) is 0 Å². The third kappa shape index (κ3) is 4.57. The second-order valence-corrected chi connectivity index (χ2v) is 7.82. The Bertz CT molecular complexity index is 984. The molecule has 1 amide bonds. The molecule has 0 bridgehead atoms. The van der Waals surface area contributed by atoms with Crippen LogP contribution in [0.2, 0.25) is 0 Å². The monoisotopic (exact) mass is 425 g/mol. The Hall–Kier alpha value is -3.06. The Morgan fingerprint density at radius 2 is 1.80 bits per heavy atom. The van der Waals surface area contributed by atoms with Crippen LogP contribution in [0.15, 0.2) is 53.7 Å². The van der Waals surface area contributed by atoms with E-state index in [-0.39, 0.29) is 11.9 Å². The highest BCUT2D eigenvalue weighted by molar-refractivity contribution is 7.80. The molecule has 1 aliphatic rings. The van der Waals surface area contributed by atoms with Gasteiger partial charge in [0.2, 0.25) is 0 Å². The van der Waals surface area contributed by atoms with Crippen molar-refractivity contribution in [2.75, 3.05) is 19.5 Å². The fourth-order valence-corrected chi connectivity index (χ4v) is 3.69. The molecule has 0 aromatic heterocycles. The Labute approximate surface area is 182 Å². The first-order chi connectivity index (χ1) is 14.3. The highest BCUT2D eigenvalue weighted by Gasteiger charge is 2.30. The molecule has 2 aromatic carbocycles. The van der Waals surface area contributed by atoms with Crippen LogP contribution in [0.1, 0.15) is 43.9 Å². The molecule has 30 heavy (non-hydrogen) atoms. The van der Waals surface area contributed by atoms with Gasteiger partial charge < -0.3 is 25.4 Å². The number of nitrogens with one attached hydrogen (secondary N) is 3. The van der Waals surface area contributed by atoms with E-state index in [9.17, 15) is 4.79 Å². The number of benzene rings is 2. The molecule has 158 valence electrons. The number of ether oxygens (including phenoxy) is 2. The zero-order valence-electron chi connectivity index (χ0n) is 17.8. The third-order valence-electron chi connectivity index (χ3n) is 5.11. The van der Waals surface area contributed by atoms with Gasteiger partial charge in [-0.1, -0.05) is 38.1 Å². The highest BCUT2D eigenvalue weighted by Crippen LogP contribution is 2.32. The van der Waals surface area contributed by atoms with Gasteiger partial charge in [-0.15, -0.1) is 0 Å². The summed E-state index contributed by atoms with van der Waals surface area (Å²) in [5.74, 6) is 1.35. The molecule has 0 aliphatic carbocycles. The number of methoxy groups -OCH3 is 2. The number of rotatable bonds is 6. The maximum atomic E-state index is 13.3. The average Bonchev–Trinajstić information content (AvgIpc) is 2.73. The summed E-state index contributed by atoms with van der Waals surface area (Å²) in [6.07, 6.45) is 0. The fourth-order valence-electron chi connectivity index (χ4n) is 3.42. The van der Waals surface area contributed by atoms with Gasteiger partial charge in [-0.25, -0.2) is 0 Å². The van der Waals surface area contributed by atoms with E-state index in [1.807, 2.05) is 19.1 Å². The molecule has 2 aromatic rings. The van der Waals surface area contributed by atoms with Gasteiger partial charge in [-0.2, -0.15) is 0 Å². The molecule has 0 unspecified atom stereocenters.